The summed E-state index contributed by atoms with van der Waals surface area (Å²) >= 11 is 0. The number of aliphatic hydroxyl groups excluding tert-OH is 2. The van der Waals surface area contributed by atoms with Crippen molar-refractivity contribution >= 4 is 11.9 Å². The summed E-state index contributed by atoms with van der Waals surface area (Å²) in [6.45, 7) is 4.91. The molecule has 0 aliphatic carbocycles. The van der Waals surface area contributed by atoms with E-state index in [9.17, 15) is 19.8 Å². The van der Waals surface area contributed by atoms with E-state index < -0.39 is 12.1 Å². The van der Waals surface area contributed by atoms with Crippen LogP contribution in [-0.2, 0) is 14.3 Å². The van der Waals surface area contributed by atoms with Gasteiger partial charge < -0.3 is 20.3 Å². The molecule has 3 N–H and O–H groups in total. The highest BCUT2D eigenvalue weighted by Gasteiger charge is 2.18. The lowest BCUT2D eigenvalue weighted by Gasteiger charge is -2.20. The Morgan fingerprint density at radius 3 is 0.919 bits per heavy atom. The number of allylic oxidation sites excluding steroid dienone is 7. The Hall–Kier alpha value is -2.18. The van der Waals surface area contributed by atoms with E-state index in [2.05, 4.69) is 55.6 Å². The normalized spacial score (nSPS) is 12.7. The monoisotopic (exact) mass is 1210 g/mol. The first-order valence-corrected chi connectivity index (χ1v) is 38.9. The van der Waals surface area contributed by atoms with Crippen molar-refractivity contribution < 1.29 is 24.5 Å². The number of rotatable bonds is 73. The Balaban J connectivity index is 3.35. The van der Waals surface area contributed by atoms with Gasteiger partial charge >= 0.3 is 5.97 Å². The van der Waals surface area contributed by atoms with Crippen molar-refractivity contribution in [3.05, 3.63) is 48.6 Å². The topological polar surface area (TPSA) is 95.9 Å². The molecule has 1 amide bonds. The van der Waals surface area contributed by atoms with Crippen LogP contribution in [0.3, 0.4) is 0 Å². The van der Waals surface area contributed by atoms with E-state index in [1.54, 1.807) is 6.08 Å². The fourth-order valence-corrected chi connectivity index (χ4v) is 12.1. The van der Waals surface area contributed by atoms with Gasteiger partial charge in [0.2, 0.25) is 5.91 Å². The van der Waals surface area contributed by atoms with Gasteiger partial charge in [0, 0.05) is 12.8 Å². The maximum atomic E-state index is 12.5. The summed E-state index contributed by atoms with van der Waals surface area (Å²) in [7, 11) is 0. The third kappa shape index (κ3) is 70.9. The zero-order chi connectivity index (χ0) is 62.0. The number of hydrogen-bond donors (Lipinski definition) is 3. The molecular formula is C80H151NO5. The molecule has 6 nitrogen and oxygen atoms in total. The van der Waals surface area contributed by atoms with Crippen LogP contribution >= 0.6 is 0 Å². The second-order valence-electron chi connectivity index (χ2n) is 26.7. The molecule has 0 saturated carbocycles. The molecule has 0 spiro atoms. The van der Waals surface area contributed by atoms with E-state index in [1.807, 2.05) is 6.08 Å². The average Bonchev–Trinajstić information content (AvgIpc) is 3.59. The summed E-state index contributed by atoms with van der Waals surface area (Å²) < 4.78 is 5.50. The van der Waals surface area contributed by atoms with Gasteiger partial charge in [-0.05, 0) is 89.9 Å². The minimum Gasteiger partial charge on any atom is -0.466 e. The summed E-state index contributed by atoms with van der Waals surface area (Å²) in [5.41, 5.74) is 0. The molecule has 0 aromatic rings. The number of carbonyl (C=O) groups excluding carboxylic acids is 2. The predicted octanol–water partition coefficient (Wildman–Crippen LogP) is 25.6. The van der Waals surface area contributed by atoms with Crippen LogP contribution in [0.1, 0.15) is 425 Å². The van der Waals surface area contributed by atoms with Crippen molar-refractivity contribution in [2.24, 2.45) is 0 Å². The first-order chi connectivity index (χ1) is 42.5. The molecule has 0 fully saturated rings. The first kappa shape index (κ1) is 83.8. The van der Waals surface area contributed by atoms with Gasteiger partial charge in [0.25, 0.3) is 0 Å². The molecule has 0 saturated heterocycles. The molecule has 6 heteroatoms. The third-order valence-corrected chi connectivity index (χ3v) is 18.1. The van der Waals surface area contributed by atoms with E-state index in [-0.39, 0.29) is 18.5 Å². The van der Waals surface area contributed by atoms with Crippen LogP contribution in [-0.4, -0.2) is 47.4 Å². The molecule has 506 valence electrons. The van der Waals surface area contributed by atoms with Crippen molar-refractivity contribution in [1.29, 1.82) is 0 Å². The quantitative estimate of drug-likeness (QED) is 0.0320. The standard InChI is InChI=1S/C80H151NO5/c1-3-5-7-9-11-13-15-17-19-40-44-48-52-56-60-64-68-72-78(83)77(76-82)81-79(84)73-69-65-61-57-53-49-45-42-38-36-34-32-30-28-26-24-22-21-23-25-27-29-31-33-35-37-39-43-47-51-55-59-63-67-71-75-86-80(85)74-70-66-62-58-54-50-46-41-20-18-16-14-12-10-8-6-4-2/h12,14,18,20,23,25,68,72,77-78,82-83H,3-11,13,15-17,19,21-22,24,26-67,69-71,73-76H2,1-2H3,(H,81,84)/b14-12-,20-18-,25-23-,72-68+. The smallest absolute Gasteiger partial charge is 0.305 e. The van der Waals surface area contributed by atoms with Crippen molar-refractivity contribution in [3.8, 4) is 0 Å². The van der Waals surface area contributed by atoms with E-state index in [1.165, 1.54) is 347 Å². The molecule has 86 heavy (non-hydrogen) atoms. The second-order valence-corrected chi connectivity index (χ2v) is 26.7. The van der Waals surface area contributed by atoms with Crippen molar-refractivity contribution in [3.63, 3.8) is 0 Å². The van der Waals surface area contributed by atoms with Gasteiger partial charge in [-0.3, -0.25) is 9.59 Å². The number of ether oxygens (including phenoxy) is 1. The molecule has 0 rings (SSSR count). The third-order valence-electron chi connectivity index (χ3n) is 18.1. The summed E-state index contributed by atoms with van der Waals surface area (Å²) in [5, 5.41) is 23.2. The molecule has 0 heterocycles. The molecule has 0 aliphatic rings. The van der Waals surface area contributed by atoms with Crippen LogP contribution in [0.15, 0.2) is 48.6 Å². The number of amides is 1. The number of aliphatic hydroxyl groups is 2. The fourth-order valence-electron chi connectivity index (χ4n) is 12.1. The van der Waals surface area contributed by atoms with E-state index in [4.69, 9.17) is 4.74 Å². The zero-order valence-corrected chi connectivity index (χ0v) is 58.1. The van der Waals surface area contributed by atoms with Crippen LogP contribution in [0.5, 0.6) is 0 Å². The molecule has 0 aromatic carbocycles. The lowest BCUT2D eigenvalue weighted by molar-refractivity contribution is -0.143. The zero-order valence-electron chi connectivity index (χ0n) is 58.1. The summed E-state index contributed by atoms with van der Waals surface area (Å²) in [4.78, 5) is 24.6. The highest BCUT2D eigenvalue weighted by atomic mass is 16.5. The summed E-state index contributed by atoms with van der Waals surface area (Å²) in [6.07, 6.45) is 99.4. The lowest BCUT2D eigenvalue weighted by atomic mass is 10.0. The SMILES string of the molecule is CCCCC/C=C\C/C=C\CCCCCCCCCC(=O)OCCCCCCCCCCCCCCCC/C=C\CCCCCCCCCCCCCCCCCCCC(=O)NC(CO)C(O)/C=C/CCCCCCCCCCCCCCCCC. The van der Waals surface area contributed by atoms with Gasteiger partial charge in [0.05, 0.1) is 25.4 Å². The number of hydrogen-bond acceptors (Lipinski definition) is 5. The fraction of sp³-hybridized carbons (Fsp3) is 0.875. The predicted molar refractivity (Wildman–Crippen MR) is 379 cm³/mol. The van der Waals surface area contributed by atoms with Gasteiger partial charge in [-0.2, -0.15) is 0 Å². The Labute approximate surface area is 537 Å². The largest absolute Gasteiger partial charge is 0.466 e. The molecule has 0 aromatic heterocycles. The van der Waals surface area contributed by atoms with Gasteiger partial charge in [-0.25, -0.2) is 0 Å². The van der Waals surface area contributed by atoms with Gasteiger partial charge in [0.15, 0.2) is 0 Å². The highest BCUT2D eigenvalue weighted by molar-refractivity contribution is 5.76. The molecule has 2 atom stereocenters. The minimum atomic E-state index is -0.843. The van der Waals surface area contributed by atoms with Gasteiger partial charge in [-0.1, -0.05) is 371 Å². The molecule has 0 aliphatic heterocycles. The maximum absolute atomic E-state index is 12.5. The Morgan fingerprint density at radius 2 is 0.581 bits per heavy atom. The average molecular weight is 1210 g/mol. The molecule has 0 radical (unpaired) electrons. The van der Waals surface area contributed by atoms with E-state index in [0.717, 1.165) is 51.4 Å². The molecule has 2 unspecified atom stereocenters. The lowest BCUT2D eigenvalue weighted by Crippen LogP contribution is -2.45. The van der Waals surface area contributed by atoms with Crippen LogP contribution in [0.4, 0.5) is 0 Å². The second kappa shape index (κ2) is 75.3. The van der Waals surface area contributed by atoms with Gasteiger partial charge in [-0.15, -0.1) is 0 Å². The highest BCUT2D eigenvalue weighted by Crippen LogP contribution is 2.19. The van der Waals surface area contributed by atoms with E-state index >= 15 is 0 Å². The minimum absolute atomic E-state index is 0.0125. The summed E-state index contributed by atoms with van der Waals surface area (Å²) in [6, 6.07) is -0.626. The number of nitrogens with one attached hydrogen (secondary N) is 1. The van der Waals surface area contributed by atoms with E-state index in [0.29, 0.717) is 19.4 Å². The Morgan fingerprint density at radius 1 is 0.326 bits per heavy atom. The number of esters is 1. The van der Waals surface area contributed by atoms with Crippen molar-refractivity contribution in [2.45, 2.75) is 437 Å². The number of carbonyl (C=O) groups is 2. The van der Waals surface area contributed by atoms with Crippen LogP contribution < -0.4 is 5.32 Å². The Bertz CT molecular complexity index is 1440. The molecule has 0 bridgehead atoms. The van der Waals surface area contributed by atoms with Gasteiger partial charge in [0.1, 0.15) is 0 Å². The Kier molecular flexibility index (Phi) is 73.4. The van der Waals surface area contributed by atoms with Crippen molar-refractivity contribution in [1.82, 2.24) is 5.32 Å². The van der Waals surface area contributed by atoms with Crippen LogP contribution in [0.25, 0.3) is 0 Å². The van der Waals surface area contributed by atoms with Crippen molar-refractivity contribution in [2.75, 3.05) is 13.2 Å². The summed E-state index contributed by atoms with van der Waals surface area (Å²) in [5.74, 6) is -0.0488. The van der Waals surface area contributed by atoms with Crippen LogP contribution in [0, 0.1) is 0 Å². The maximum Gasteiger partial charge on any atom is 0.305 e. The number of unbranched alkanes of at least 4 members (excludes halogenated alkanes) is 56. The molecular weight excluding hydrogens is 1050 g/mol. The first-order valence-electron chi connectivity index (χ1n) is 38.9. The van der Waals surface area contributed by atoms with Crippen LogP contribution in [0.2, 0.25) is 0 Å².